The molecule has 3 N–H and O–H groups in total. The molecule has 9 heteroatoms. The molecule has 1 amide bonds. The number of nitrogens with zero attached hydrogens (tertiary/aromatic N) is 3. The summed E-state index contributed by atoms with van der Waals surface area (Å²) in [6, 6.07) is 9.96. The van der Waals surface area contributed by atoms with Crippen molar-refractivity contribution >= 4 is 51.3 Å². The highest BCUT2D eigenvalue weighted by molar-refractivity contribution is 7.07. The minimum absolute atomic E-state index is 0.205. The van der Waals surface area contributed by atoms with E-state index in [1.165, 1.54) is 11.3 Å². The number of fused-ring (bicyclic) bond motifs is 1. The third-order valence-electron chi connectivity index (χ3n) is 5.26. The molecule has 1 aliphatic carbocycles. The fourth-order valence-electron chi connectivity index (χ4n) is 3.56. The van der Waals surface area contributed by atoms with Gasteiger partial charge >= 0.3 is 0 Å². The van der Waals surface area contributed by atoms with Gasteiger partial charge in [-0.2, -0.15) is 0 Å². The number of allylic oxidation sites excluding steroid dienone is 2. The molecule has 1 atom stereocenters. The van der Waals surface area contributed by atoms with Crippen molar-refractivity contribution in [3.8, 4) is 11.1 Å². The van der Waals surface area contributed by atoms with Gasteiger partial charge in [-0.3, -0.25) is 4.79 Å². The number of benzene rings is 1. The maximum Gasteiger partial charge on any atom is 0.271 e. The van der Waals surface area contributed by atoms with Gasteiger partial charge in [0.05, 0.1) is 17.1 Å². The van der Waals surface area contributed by atoms with E-state index in [0.717, 1.165) is 27.9 Å². The second kappa shape index (κ2) is 8.57. The number of H-pyrrole nitrogens is 1. The lowest BCUT2D eigenvalue weighted by Gasteiger charge is -2.19. The van der Waals surface area contributed by atoms with Crippen LogP contribution >= 0.6 is 22.9 Å². The number of aromatic nitrogens is 4. The fraction of sp³-hybridized carbons (Fsp3) is 0.130. The maximum atomic E-state index is 12.4. The predicted molar refractivity (Wildman–Crippen MR) is 129 cm³/mol. The number of halogens is 1. The minimum atomic E-state index is -0.210. The lowest BCUT2D eigenvalue weighted by molar-refractivity contribution is 0.0940. The first-order valence-corrected chi connectivity index (χ1v) is 11.3. The largest absolute Gasteiger partial charge is 0.388 e. The Balaban J connectivity index is 1.42. The summed E-state index contributed by atoms with van der Waals surface area (Å²) < 4.78 is 0. The molecule has 160 valence electrons. The van der Waals surface area contributed by atoms with Crippen LogP contribution in [0.2, 0.25) is 0 Å². The van der Waals surface area contributed by atoms with Crippen molar-refractivity contribution < 1.29 is 4.79 Å². The molecule has 1 aromatic carbocycles. The van der Waals surface area contributed by atoms with Crippen LogP contribution in [0.3, 0.4) is 0 Å². The predicted octanol–water partition coefficient (Wildman–Crippen LogP) is 4.83. The van der Waals surface area contributed by atoms with Crippen LogP contribution in [0, 0.1) is 0 Å². The molecular formula is C23H19ClN6OS. The maximum absolute atomic E-state index is 12.4. The molecule has 1 aliphatic rings. The van der Waals surface area contributed by atoms with Crippen molar-refractivity contribution in [2.75, 3.05) is 12.4 Å². The molecule has 0 spiro atoms. The average Bonchev–Trinajstić information content (AvgIpc) is 3.50. The summed E-state index contributed by atoms with van der Waals surface area (Å²) in [5, 5.41) is 8.41. The van der Waals surface area contributed by atoms with E-state index in [9.17, 15) is 4.79 Å². The first kappa shape index (κ1) is 20.4. The Morgan fingerprint density at radius 1 is 1.22 bits per heavy atom. The summed E-state index contributed by atoms with van der Waals surface area (Å²) in [6.45, 7) is 0. The molecule has 3 heterocycles. The van der Waals surface area contributed by atoms with E-state index in [-0.39, 0.29) is 11.9 Å². The lowest BCUT2D eigenvalue weighted by atomic mass is 10.0. The zero-order valence-corrected chi connectivity index (χ0v) is 18.7. The van der Waals surface area contributed by atoms with Gasteiger partial charge in [-0.05, 0) is 36.3 Å². The van der Waals surface area contributed by atoms with E-state index in [2.05, 4.69) is 30.6 Å². The fourth-order valence-corrected chi connectivity index (χ4v) is 4.34. The number of anilines is 1. The van der Waals surface area contributed by atoms with Crippen LogP contribution in [0.4, 0.5) is 5.69 Å². The summed E-state index contributed by atoms with van der Waals surface area (Å²) >= 11 is 7.87. The van der Waals surface area contributed by atoms with Crippen LogP contribution in [0.5, 0.6) is 0 Å². The molecule has 32 heavy (non-hydrogen) atoms. The van der Waals surface area contributed by atoms with Crippen LogP contribution < -0.4 is 10.6 Å². The second-order valence-electron chi connectivity index (χ2n) is 7.33. The van der Waals surface area contributed by atoms with E-state index in [4.69, 9.17) is 11.6 Å². The number of imidazole rings is 1. The molecule has 3 aromatic heterocycles. The van der Waals surface area contributed by atoms with Crippen molar-refractivity contribution in [3.05, 3.63) is 76.1 Å². The van der Waals surface area contributed by atoms with E-state index in [0.29, 0.717) is 28.6 Å². The number of thiazole rings is 1. The molecule has 0 radical (unpaired) electrons. The molecule has 0 aliphatic heterocycles. The SMILES string of the molecule is CNc1ccc(-c2cnc3nc(C4=CC(NC(=O)c5cscn5)CC=C4Cl)[nH]c3c2)cc1. The lowest BCUT2D eigenvalue weighted by Crippen LogP contribution is -2.34. The number of carbonyl (C=O) groups excluding carboxylic acids is 1. The van der Waals surface area contributed by atoms with Crippen molar-refractivity contribution in [1.82, 2.24) is 25.3 Å². The Morgan fingerprint density at radius 3 is 2.81 bits per heavy atom. The highest BCUT2D eigenvalue weighted by Gasteiger charge is 2.21. The van der Waals surface area contributed by atoms with E-state index < -0.39 is 0 Å². The van der Waals surface area contributed by atoms with Gasteiger partial charge in [0, 0.05) is 40.5 Å². The number of nitrogens with one attached hydrogen (secondary N) is 3. The highest BCUT2D eigenvalue weighted by atomic mass is 35.5. The molecule has 5 rings (SSSR count). The average molecular weight is 463 g/mol. The van der Waals surface area contributed by atoms with Gasteiger partial charge in [-0.1, -0.05) is 29.8 Å². The minimum Gasteiger partial charge on any atom is -0.388 e. The molecule has 0 bridgehead atoms. The molecule has 1 unspecified atom stereocenters. The topological polar surface area (TPSA) is 95.6 Å². The molecule has 0 fully saturated rings. The Hall–Kier alpha value is -3.49. The normalized spacial score (nSPS) is 15.9. The second-order valence-corrected chi connectivity index (χ2v) is 8.46. The number of aromatic amines is 1. The van der Waals surface area contributed by atoms with Gasteiger partial charge < -0.3 is 15.6 Å². The standard InChI is InChI=1S/C23H19ClN6OS/c1-25-15-4-2-13(3-5-15)14-8-19-22(26-10-14)30-21(29-19)17-9-16(6-7-18(17)24)28-23(31)20-11-32-12-27-20/h2-5,7-12,16,25H,6H2,1H3,(H,28,31)(H,26,29,30). The van der Waals surface area contributed by atoms with Crippen LogP contribution in [-0.2, 0) is 0 Å². The van der Waals surface area contributed by atoms with Crippen LogP contribution in [0.15, 0.2) is 64.6 Å². The number of rotatable bonds is 5. The Kier molecular flexibility index (Phi) is 5.46. The van der Waals surface area contributed by atoms with Crippen LogP contribution in [0.1, 0.15) is 22.7 Å². The van der Waals surface area contributed by atoms with Crippen LogP contribution in [-0.4, -0.2) is 38.9 Å². The number of carbonyl (C=O) groups is 1. The highest BCUT2D eigenvalue weighted by Crippen LogP contribution is 2.31. The molecule has 0 saturated carbocycles. The van der Waals surface area contributed by atoms with Crippen molar-refractivity contribution in [3.63, 3.8) is 0 Å². The third kappa shape index (κ3) is 4.02. The quantitative estimate of drug-likeness (QED) is 0.394. The van der Waals surface area contributed by atoms with Gasteiger partial charge in [-0.15, -0.1) is 11.3 Å². The summed E-state index contributed by atoms with van der Waals surface area (Å²) in [5.74, 6) is 0.405. The van der Waals surface area contributed by atoms with Gasteiger partial charge in [0.25, 0.3) is 5.91 Å². The Bertz CT molecular complexity index is 1340. The Labute approximate surface area is 193 Å². The Morgan fingerprint density at radius 2 is 2.06 bits per heavy atom. The van der Waals surface area contributed by atoms with Crippen molar-refractivity contribution in [1.29, 1.82) is 0 Å². The first-order valence-electron chi connectivity index (χ1n) is 10.0. The van der Waals surface area contributed by atoms with E-state index in [1.807, 2.05) is 55.7 Å². The number of amides is 1. The van der Waals surface area contributed by atoms with E-state index in [1.54, 1.807) is 10.9 Å². The van der Waals surface area contributed by atoms with Gasteiger partial charge in [0.2, 0.25) is 0 Å². The zero-order valence-electron chi connectivity index (χ0n) is 17.1. The molecule has 7 nitrogen and oxygen atoms in total. The molecule has 0 saturated heterocycles. The van der Waals surface area contributed by atoms with E-state index >= 15 is 0 Å². The summed E-state index contributed by atoms with van der Waals surface area (Å²) in [5.41, 5.74) is 7.31. The zero-order chi connectivity index (χ0) is 22.1. The van der Waals surface area contributed by atoms with Gasteiger partial charge in [0.1, 0.15) is 11.5 Å². The summed E-state index contributed by atoms with van der Waals surface area (Å²) in [4.78, 5) is 28.9. The summed E-state index contributed by atoms with van der Waals surface area (Å²) in [7, 11) is 1.89. The molecule has 4 aromatic rings. The first-order chi connectivity index (χ1) is 15.6. The van der Waals surface area contributed by atoms with Crippen LogP contribution in [0.25, 0.3) is 27.9 Å². The monoisotopic (exact) mass is 462 g/mol. The number of hydrogen-bond donors (Lipinski definition) is 3. The molecular weight excluding hydrogens is 444 g/mol. The number of pyridine rings is 1. The summed E-state index contributed by atoms with van der Waals surface area (Å²) in [6.07, 6.45) is 6.22. The van der Waals surface area contributed by atoms with Gasteiger partial charge in [0.15, 0.2) is 5.65 Å². The number of hydrogen-bond acceptors (Lipinski definition) is 6. The smallest absolute Gasteiger partial charge is 0.271 e. The third-order valence-corrected chi connectivity index (χ3v) is 6.20. The van der Waals surface area contributed by atoms with Crippen molar-refractivity contribution in [2.45, 2.75) is 12.5 Å². The van der Waals surface area contributed by atoms with Gasteiger partial charge in [-0.25, -0.2) is 15.0 Å². The van der Waals surface area contributed by atoms with Crippen molar-refractivity contribution in [2.24, 2.45) is 0 Å².